The van der Waals surface area contributed by atoms with E-state index in [1.165, 1.54) is 4.88 Å². The fourth-order valence-electron chi connectivity index (χ4n) is 0.787. The lowest BCUT2D eigenvalue weighted by Crippen LogP contribution is -2.12. The van der Waals surface area contributed by atoms with Crippen LogP contribution >= 0.6 is 27.3 Å². The number of nitrogens with one attached hydrogen (secondary N) is 1. The summed E-state index contributed by atoms with van der Waals surface area (Å²) in [7, 11) is 1.86. The molecule has 1 aromatic rings. The van der Waals surface area contributed by atoms with Gasteiger partial charge in [-0.05, 0) is 29.0 Å². The number of rotatable bonds is 2. The normalized spacial score (nSPS) is 12.5. The van der Waals surface area contributed by atoms with Crippen molar-refractivity contribution < 1.29 is 0 Å². The van der Waals surface area contributed by atoms with E-state index in [1.54, 1.807) is 11.3 Å². The molecule has 58 valence electrons. The molecular weight excluding hydrogens is 222 g/mol. The third kappa shape index (κ3) is 2.06. The predicted octanol–water partition coefficient (Wildman–Crippen LogP) is 2.40. The Morgan fingerprint density at radius 1 is 1.82 bits per heavy atom. The maximum absolute atomic E-state index is 5.30. The Kier molecular flexibility index (Phi) is 3.13. The van der Waals surface area contributed by atoms with Crippen molar-refractivity contribution in [1.82, 2.24) is 5.32 Å². The van der Waals surface area contributed by atoms with Crippen LogP contribution in [0.15, 0.2) is 15.9 Å². The fourth-order valence-corrected chi connectivity index (χ4v) is 2.30. The molecule has 1 rings (SSSR count). The second-order valence-electron chi connectivity index (χ2n) is 2.06. The van der Waals surface area contributed by atoms with E-state index in [-0.39, 0.29) is 6.04 Å². The Morgan fingerprint density at radius 2 is 2.55 bits per heavy atom. The number of thiophene rings is 1. The topological polar surface area (TPSA) is 12.0 Å². The lowest BCUT2D eigenvalue weighted by Gasteiger charge is -2.04. The van der Waals surface area contributed by atoms with Gasteiger partial charge in [-0.1, -0.05) is 5.92 Å². The van der Waals surface area contributed by atoms with E-state index < -0.39 is 0 Å². The van der Waals surface area contributed by atoms with E-state index >= 15 is 0 Å². The molecule has 1 nitrogen and oxygen atoms in total. The molecule has 0 aliphatic carbocycles. The van der Waals surface area contributed by atoms with Gasteiger partial charge in [-0.15, -0.1) is 17.8 Å². The lowest BCUT2D eigenvalue weighted by atomic mass is 10.2. The third-order valence-electron chi connectivity index (χ3n) is 1.33. The highest BCUT2D eigenvalue weighted by molar-refractivity contribution is 9.10. The molecule has 0 fully saturated rings. The zero-order valence-corrected chi connectivity index (χ0v) is 8.50. The molecule has 1 aromatic heterocycles. The summed E-state index contributed by atoms with van der Waals surface area (Å²) >= 11 is 5.03. The van der Waals surface area contributed by atoms with E-state index in [4.69, 9.17) is 6.42 Å². The second-order valence-corrected chi connectivity index (χ2v) is 3.91. The summed E-state index contributed by atoms with van der Waals surface area (Å²) in [4.78, 5) is 1.17. The molecule has 0 radical (unpaired) electrons. The van der Waals surface area contributed by atoms with E-state index in [9.17, 15) is 0 Å². The summed E-state index contributed by atoms with van der Waals surface area (Å²) in [5, 5.41) is 5.06. The van der Waals surface area contributed by atoms with E-state index in [2.05, 4.69) is 27.2 Å². The number of hydrogen-bond donors (Lipinski definition) is 1. The van der Waals surface area contributed by atoms with Gasteiger partial charge in [0.2, 0.25) is 0 Å². The van der Waals surface area contributed by atoms with Gasteiger partial charge in [0.15, 0.2) is 0 Å². The predicted molar refractivity (Wildman–Crippen MR) is 52.7 cm³/mol. The highest BCUT2D eigenvalue weighted by atomic mass is 79.9. The number of hydrogen-bond acceptors (Lipinski definition) is 2. The highest BCUT2D eigenvalue weighted by Gasteiger charge is 2.06. The van der Waals surface area contributed by atoms with Crippen molar-refractivity contribution in [2.24, 2.45) is 0 Å². The molecule has 0 amide bonds. The van der Waals surface area contributed by atoms with Gasteiger partial charge in [0.1, 0.15) is 6.04 Å². The van der Waals surface area contributed by atoms with Crippen molar-refractivity contribution >= 4 is 27.3 Å². The minimum atomic E-state index is 0.0475. The van der Waals surface area contributed by atoms with E-state index in [0.717, 1.165) is 4.47 Å². The number of halogens is 1. The molecule has 0 aromatic carbocycles. The molecular formula is C8H8BrNS. The van der Waals surface area contributed by atoms with Crippen LogP contribution in [-0.4, -0.2) is 7.05 Å². The van der Waals surface area contributed by atoms with Crippen LogP contribution in [0.4, 0.5) is 0 Å². The van der Waals surface area contributed by atoms with Crippen molar-refractivity contribution in [1.29, 1.82) is 0 Å². The van der Waals surface area contributed by atoms with Crippen molar-refractivity contribution in [3.05, 3.63) is 20.8 Å². The molecule has 0 aliphatic rings. The monoisotopic (exact) mass is 229 g/mol. The van der Waals surface area contributed by atoms with Crippen LogP contribution in [0, 0.1) is 12.3 Å². The zero-order chi connectivity index (χ0) is 8.27. The van der Waals surface area contributed by atoms with Gasteiger partial charge < -0.3 is 5.32 Å². The first kappa shape index (κ1) is 8.79. The van der Waals surface area contributed by atoms with Gasteiger partial charge in [-0.3, -0.25) is 0 Å². The third-order valence-corrected chi connectivity index (χ3v) is 3.09. The van der Waals surface area contributed by atoms with Gasteiger partial charge in [0.05, 0.1) is 0 Å². The SMILES string of the molecule is C#CC(NC)c1cc(Br)cs1. The van der Waals surface area contributed by atoms with Crippen LogP contribution in [0.1, 0.15) is 10.9 Å². The molecule has 0 bridgehead atoms. The molecule has 0 saturated heterocycles. The fraction of sp³-hybridized carbons (Fsp3) is 0.250. The van der Waals surface area contributed by atoms with Crippen LogP contribution in [0.3, 0.4) is 0 Å². The average Bonchev–Trinajstić information content (AvgIpc) is 2.39. The van der Waals surface area contributed by atoms with Gasteiger partial charge in [-0.25, -0.2) is 0 Å². The van der Waals surface area contributed by atoms with Crippen molar-refractivity contribution in [2.45, 2.75) is 6.04 Å². The molecule has 1 N–H and O–H groups in total. The summed E-state index contributed by atoms with van der Waals surface area (Å²) in [6.07, 6.45) is 5.30. The molecule has 11 heavy (non-hydrogen) atoms. The maximum atomic E-state index is 5.30. The quantitative estimate of drug-likeness (QED) is 0.769. The summed E-state index contributed by atoms with van der Waals surface area (Å²) < 4.78 is 1.09. The van der Waals surface area contributed by atoms with Crippen LogP contribution in [0.2, 0.25) is 0 Å². The maximum Gasteiger partial charge on any atom is 0.103 e. The van der Waals surface area contributed by atoms with Crippen LogP contribution in [-0.2, 0) is 0 Å². The first-order chi connectivity index (χ1) is 5.27. The molecule has 0 aliphatic heterocycles. The molecule has 1 heterocycles. The first-order valence-electron chi connectivity index (χ1n) is 3.15. The van der Waals surface area contributed by atoms with Gasteiger partial charge in [0, 0.05) is 14.7 Å². The van der Waals surface area contributed by atoms with Gasteiger partial charge in [0.25, 0.3) is 0 Å². The average molecular weight is 230 g/mol. The summed E-state index contributed by atoms with van der Waals surface area (Å²) in [5.74, 6) is 2.66. The lowest BCUT2D eigenvalue weighted by molar-refractivity contribution is 0.749. The Hall–Kier alpha value is -0.300. The van der Waals surface area contributed by atoms with Gasteiger partial charge in [-0.2, -0.15) is 0 Å². The van der Waals surface area contributed by atoms with Gasteiger partial charge >= 0.3 is 0 Å². The van der Waals surface area contributed by atoms with E-state index in [1.807, 2.05) is 18.5 Å². The Balaban J connectivity index is 2.84. The van der Waals surface area contributed by atoms with Crippen LogP contribution in [0.25, 0.3) is 0 Å². The molecule has 0 saturated carbocycles. The van der Waals surface area contributed by atoms with Crippen LogP contribution < -0.4 is 5.32 Å². The number of terminal acetylenes is 1. The smallest absolute Gasteiger partial charge is 0.103 e. The van der Waals surface area contributed by atoms with E-state index in [0.29, 0.717) is 0 Å². The standard InChI is InChI=1S/C8H8BrNS/c1-3-7(10-2)8-4-6(9)5-11-8/h1,4-5,7,10H,2H3. The zero-order valence-electron chi connectivity index (χ0n) is 6.10. The first-order valence-corrected chi connectivity index (χ1v) is 4.82. The van der Waals surface area contributed by atoms with Crippen molar-refractivity contribution in [2.75, 3.05) is 7.05 Å². The van der Waals surface area contributed by atoms with Crippen molar-refractivity contribution in [3.8, 4) is 12.3 Å². The summed E-state index contributed by atoms with van der Waals surface area (Å²) in [5.41, 5.74) is 0. The molecule has 0 spiro atoms. The second kappa shape index (κ2) is 3.91. The molecule has 1 atom stereocenters. The summed E-state index contributed by atoms with van der Waals surface area (Å²) in [6.45, 7) is 0. The highest BCUT2D eigenvalue weighted by Crippen LogP contribution is 2.24. The summed E-state index contributed by atoms with van der Waals surface area (Å²) in [6, 6.07) is 2.08. The van der Waals surface area contributed by atoms with Crippen molar-refractivity contribution in [3.63, 3.8) is 0 Å². The Morgan fingerprint density at radius 3 is 2.91 bits per heavy atom. The Bertz CT molecular complexity index is 274. The molecule has 3 heteroatoms. The Labute approximate surface area is 78.9 Å². The largest absolute Gasteiger partial charge is 0.302 e. The minimum Gasteiger partial charge on any atom is -0.302 e. The van der Waals surface area contributed by atoms with Crippen LogP contribution in [0.5, 0.6) is 0 Å². The molecule has 1 unspecified atom stereocenters. The minimum absolute atomic E-state index is 0.0475.